The minimum Gasteiger partial charge on any atom is -0.110 e. The van der Waals surface area contributed by atoms with E-state index in [1.165, 1.54) is 25.7 Å². The van der Waals surface area contributed by atoms with E-state index in [4.69, 9.17) is 23.2 Å². The summed E-state index contributed by atoms with van der Waals surface area (Å²) in [5, 5.41) is 1.70. The van der Waals surface area contributed by atoms with E-state index < -0.39 is 0 Å². The smallest absolute Gasteiger partial charge is 0.0953 e. The van der Waals surface area contributed by atoms with Crippen LogP contribution in [0.15, 0.2) is 10.8 Å². The Bertz CT molecular complexity index is 198. The molecule has 1 unspecified atom stereocenters. The summed E-state index contributed by atoms with van der Waals surface area (Å²) in [7, 11) is -0.295. The Kier molecular flexibility index (Phi) is 2.31. The van der Waals surface area contributed by atoms with E-state index in [0.29, 0.717) is 0 Å². The molecule has 1 atom stereocenters. The average Bonchev–Trinajstić information content (AvgIpc) is 2.45. The molecule has 0 amide bonds. The van der Waals surface area contributed by atoms with E-state index >= 15 is 0 Å². The topological polar surface area (TPSA) is 0 Å². The van der Waals surface area contributed by atoms with Gasteiger partial charge < -0.3 is 0 Å². The molecule has 0 nitrogen and oxygen atoms in total. The number of hydrogen-bond acceptors (Lipinski definition) is 0. The van der Waals surface area contributed by atoms with Crippen LogP contribution in [0.3, 0.4) is 0 Å². The summed E-state index contributed by atoms with van der Waals surface area (Å²) in [6.07, 6.45) is 5.51. The van der Waals surface area contributed by atoms with Crippen LogP contribution in [0.5, 0.6) is 0 Å². The SMILES string of the molecule is ClC(Cl)[SiH2]C1=C2CCC(C2)C1. The minimum atomic E-state index is -0.295. The van der Waals surface area contributed by atoms with E-state index in [1.807, 2.05) is 0 Å². The second kappa shape index (κ2) is 3.12. The van der Waals surface area contributed by atoms with Crippen molar-refractivity contribution in [2.75, 3.05) is 0 Å². The molecule has 0 aromatic rings. The van der Waals surface area contributed by atoms with Crippen LogP contribution < -0.4 is 0 Å². The van der Waals surface area contributed by atoms with Crippen LogP contribution >= 0.6 is 23.2 Å². The third-order valence-corrected chi connectivity index (χ3v) is 5.34. The van der Waals surface area contributed by atoms with Crippen molar-refractivity contribution in [3.05, 3.63) is 10.8 Å². The maximum Gasteiger partial charge on any atom is 0.0953 e. The fourth-order valence-corrected chi connectivity index (χ4v) is 5.01. The zero-order valence-corrected chi connectivity index (χ0v) is 9.37. The second-order valence-electron chi connectivity index (χ2n) is 3.62. The third kappa shape index (κ3) is 1.66. The van der Waals surface area contributed by atoms with E-state index in [9.17, 15) is 0 Å². The number of hydrogen-bond donors (Lipinski definition) is 0. The van der Waals surface area contributed by atoms with Gasteiger partial charge >= 0.3 is 0 Å². The van der Waals surface area contributed by atoms with E-state index in [2.05, 4.69) is 0 Å². The van der Waals surface area contributed by atoms with Gasteiger partial charge in [0.2, 0.25) is 0 Å². The Morgan fingerprint density at radius 2 is 2.18 bits per heavy atom. The van der Waals surface area contributed by atoms with Crippen LogP contribution in [-0.4, -0.2) is 14.0 Å². The summed E-state index contributed by atoms with van der Waals surface area (Å²) >= 11 is 11.6. The summed E-state index contributed by atoms with van der Waals surface area (Å²) < 4.78 is -0.0446. The first-order valence-corrected chi connectivity index (χ1v) is 6.63. The van der Waals surface area contributed by atoms with Crippen molar-refractivity contribution in [2.24, 2.45) is 5.92 Å². The first kappa shape index (κ1) is 8.15. The monoisotopic (exact) mass is 206 g/mol. The van der Waals surface area contributed by atoms with Crippen molar-refractivity contribution in [3.8, 4) is 0 Å². The minimum absolute atomic E-state index is 0.0446. The molecule has 0 heterocycles. The van der Waals surface area contributed by atoms with Crippen molar-refractivity contribution in [1.82, 2.24) is 0 Å². The zero-order chi connectivity index (χ0) is 7.84. The summed E-state index contributed by atoms with van der Waals surface area (Å²) in [6, 6.07) is 0. The Morgan fingerprint density at radius 1 is 1.36 bits per heavy atom. The predicted octanol–water partition coefficient (Wildman–Crippen LogP) is 2.37. The Hall–Kier alpha value is 0.537. The standard InChI is InChI=1S/C8H12Cl2Si/c9-8(10)11-7-4-5-1-2-6(7)3-5/h5,8H,1-4,11H2. The molecule has 11 heavy (non-hydrogen) atoms. The van der Waals surface area contributed by atoms with E-state index in [-0.39, 0.29) is 14.0 Å². The Morgan fingerprint density at radius 3 is 2.64 bits per heavy atom. The molecule has 3 heteroatoms. The van der Waals surface area contributed by atoms with Gasteiger partial charge in [-0.25, -0.2) is 0 Å². The van der Waals surface area contributed by atoms with Gasteiger partial charge in [-0.05, 0) is 31.6 Å². The lowest BCUT2D eigenvalue weighted by Gasteiger charge is -2.11. The second-order valence-corrected chi connectivity index (χ2v) is 8.01. The highest BCUT2D eigenvalue weighted by molar-refractivity contribution is 6.72. The third-order valence-electron chi connectivity index (χ3n) is 2.83. The van der Waals surface area contributed by atoms with Crippen LogP contribution in [-0.2, 0) is 0 Å². The first-order valence-electron chi connectivity index (χ1n) is 4.23. The van der Waals surface area contributed by atoms with Crippen LogP contribution in [0.25, 0.3) is 0 Å². The van der Waals surface area contributed by atoms with Gasteiger partial charge in [0.1, 0.15) is 0 Å². The molecule has 0 aromatic heterocycles. The van der Waals surface area contributed by atoms with E-state index in [1.54, 1.807) is 10.8 Å². The van der Waals surface area contributed by atoms with Gasteiger partial charge in [0, 0.05) is 0 Å². The first-order chi connectivity index (χ1) is 5.25. The number of rotatable bonds is 2. The molecule has 2 aliphatic carbocycles. The van der Waals surface area contributed by atoms with Crippen LogP contribution in [0.1, 0.15) is 25.7 Å². The lowest BCUT2D eigenvalue weighted by molar-refractivity contribution is 0.571. The molecule has 0 aliphatic heterocycles. The lowest BCUT2D eigenvalue weighted by atomic mass is 10.1. The number of allylic oxidation sites excluding steroid dienone is 2. The van der Waals surface area contributed by atoms with E-state index in [0.717, 1.165) is 5.92 Å². The van der Waals surface area contributed by atoms with Crippen molar-refractivity contribution >= 4 is 32.7 Å². The molecular weight excluding hydrogens is 195 g/mol. The quantitative estimate of drug-likeness (QED) is 0.481. The van der Waals surface area contributed by atoms with Gasteiger partial charge in [-0.1, -0.05) is 10.8 Å². The molecular formula is C8H12Cl2Si. The highest BCUT2D eigenvalue weighted by Crippen LogP contribution is 2.43. The molecule has 2 bridgehead atoms. The fourth-order valence-electron chi connectivity index (χ4n) is 2.33. The maximum absolute atomic E-state index is 5.79. The number of fused-ring (bicyclic) bond motifs is 2. The maximum atomic E-state index is 5.79. The molecule has 2 rings (SSSR count). The fraction of sp³-hybridized carbons (Fsp3) is 0.750. The van der Waals surface area contributed by atoms with Gasteiger partial charge in [-0.3, -0.25) is 0 Å². The lowest BCUT2D eigenvalue weighted by Crippen LogP contribution is -2.08. The highest BCUT2D eigenvalue weighted by atomic mass is 35.5. The van der Waals surface area contributed by atoms with Crippen LogP contribution in [0.2, 0.25) is 0 Å². The summed E-state index contributed by atoms with van der Waals surface area (Å²) in [5.74, 6) is 0.986. The molecule has 0 spiro atoms. The van der Waals surface area contributed by atoms with Gasteiger partial charge in [-0.2, -0.15) is 0 Å². The van der Waals surface area contributed by atoms with Crippen LogP contribution in [0.4, 0.5) is 0 Å². The van der Waals surface area contributed by atoms with Crippen molar-refractivity contribution in [1.29, 1.82) is 0 Å². The zero-order valence-electron chi connectivity index (χ0n) is 6.45. The predicted molar refractivity (Wildman–Crippen MR) is 53.0 cm³/mol. The normalized spacial score (nSPS) is 30.3. The van der Waals surface area contributed by atoms with Gasteiger partial charge in [0.05, 0.1) is 14.0 Å². The summed E-state index contributed by atoms with van der Waals surface area (Å²) in [4.78, 5) is 0. The molecule has 1 fully saturated rings. The number of alkyl halides is 2. The Balaban J connectivity index is 2.04. The van der Waals surface area contributed by atoms with Crippen LogP contribution in [0, 0.1) is 5.92 Å². The Labute approximate surface area is 79.8 Å². The summed E-state index contributed by atoms with van der Waals surface area (Å²) in [5.41, 5.74) is 1.73. The molecule has 0 radical (unpaired) electrons. The molecule has 0 aromatic carbocycles. The molecule has 0 saturated heterocycles. The highest BCUT2D eigenvalue weighted by Gasteiger charge is 2.30. The van der Waals surface area contributed by atoms with Gasteiger partial charge in [-0.15, -0.1) is 23.2 Å². The van der Waals surface area contributed by atoms with Gasteiger partial charge in [0.25, 0.3) is 0 Å². The molecule has 1 saturated carbocycles. The van der Waals surface area contributed by atoms with Crippen molar-refractivity contribution in [3.63, 3.8) is 0 Å². The average molecular weight is 207 g/mol. The molecule has 62 valence electrons. The summed E-state index contributed by atoms with van der Waals surface area (Å²) in [6.45, 7) is 0. The molecule has 2 aliphatic rings. The molecule has 0 N–H and O–H groups in total. The van der Waals surface area contributed by atoms with Crippen molar-refractivity contribution < 1.29 is 0 Å². The number of halogens is 2. The van der Waals surface area contributed by atoms with Crippen molar-refractivity contribution in [2.45, 2.75) is 30.1 Å². The largest absolute Gasteiger partial charge is 0.110 e. The van der Waals surface area contributed by atoms with Gasteiger partial charge in [0.15, 0.2) is 0 Å².